The van der Waals surface area contributed by atoms with Crippen molar-refractivity contribution >= 4 is 11.9 Å². The number of rotatable bonds is 5. The fourth-order valence-corrected chi connectivity index (χ4v) is 3.43. The number of hydrogen-bond donors (Lipinski definition) is 0. The summed E-state index contributed by atoms with van der Waals surface area (Å²) < 4.78 is 26.3. The molecule has 152 valence electrons. The second-order valence-electron chi connectivity index (χ2n) is 6.91. The summed E-state index contributed by atoms with van der Waals surface area (Å²) in [4.78, 5) is 26.3. The van der Waals surface area contributed by atoms with Gasteiger partial charge in [0.15, 0.2) is 0 Å². The Balaban J connectivity index is 1.87. The lowest BCUT2D eigenvalue weighted by Gasteiger charge is -2.16. The summed E-state index contributed by atoms with van der Waals surface area (Å²) in [5, 5.41) is 0. The molecule has 0 unspecified atom stereocenters. The van der Waals surface area contributed by atoms with Crippen molar-refractivity contribution in [1.29, 1.82) is 0 Å². The molecule has 6 nitrogen and oxygen atoms in total. The van der Waals surface area contributed by atoms with Gasteiger partial charge in [0.25, 0.3) is 5.91 Å². The number of furan rings is 1. The van der Waals surface area contributed by atoms with Crippen molar-refractivity contribution in [2.24, 2.45) is 0 Å². The molecule has 0 saturated carbocycles. The van der Waals surface area contributed by atoms with Crippen molar-refractivity contribution in [3.05, 3.63) is 76.3 Å². The third-order valence-corrected chi connectivity index (χ3v) is 4.87. The first kappa shape index (κ1) is 20.4. The van der Waals surface area contributed by atoms with Crippen molar-refractivity contribution in [3.8, 4) is 5.69 Å². The number of ether oxygens (including phenoxy) is 1. The van der Waals surface area contributed by atoms with Crippen LogP contribution in [0.15, 0.2) is 40.8 Å². The lowest BCUT2D eigenvalue weighted by molar-refractivity contribution is 0.0598. The molecular weight excluding hydrogens is 375 g/mol. The van der Waals surface area contributed by atoms with Gasteiger partial charge >= 0.3 is 5.97 Å². The van der Waals surface area contributed by atoms with Gasteiger partial charge in [0.05, 0.1) is 24.9 Å². The molecule has 0 spiro atoms. The number of benzene rings is 1. The van der Waals surface area contributed by atoms with Crippen LogP contribution in [0.25, 0.3) is 5.69 Å². The highest BCUT2D eigenvalue weighted by molar-refractivity contribution is 5.96. The molecule has 0 radical (unpaired) electrons. The molecule has 3 rings (SSSR count). The molecule has 1 amide bonds. The van der Waals surface area contributed by atoms with E-state index in [1.807, 2.05) is 6.92 Å². The molecule has 7 heteroatoms. The molecular formula is C22H23FN2O4. The molecule has 0 N–H and O–H groups in total. The van der Waals surface area contributed by atoms with Gasteiger partial charge in [-0.05, 0) is 45.0 Å². The van der Waals surface area contributed by atoms with Crippen molar-refractivity contribution in [3.63, 3.8) is 0 Å². The van der Waals surface area contributed by atoms with Crippen molar-refractivity contribution in [2.75, 3.05) is 14.2 Å². The number of para-hydroxylation sites is 1. The number of aryl methyl sites for hydroxylation is 2. The summed E-state index contributed by atoms with van der Waals surface area (Å²) in [7, 11) is 2.95. The van der Waals surface area contributed by atoms with Crippen molar-refractivity contribution < 1.29 is 23.1 Å². The summed E-state index contributed by atoms with van der Waals surface area (Å²) >= 11 is 0. The number of nitrogens with zero attached hydrogens (tertiary/aromatic N) is 2. The minimum atomic E-state index is -0.486. The molecule has 0 fully saturated rings. The van der Waals surface area contributed by atoms with Gasteiger partial charge in [-0.3, -0.25) is 4.79 Å². The molecule has 0 aliphatic heterocycles. The predicted octanol–water partition coefficient (Wildman–Crippen LogP) is 4.19. The van der Waals surface area contributed by atoms with Crippen LogP contribution in [0, 0.1) is 26.6 Å². The normalized spacial score (nSPS) is 10.8. The molecule has 0 aliphatic carbocycles. The Morgan fingerprint density at radius 1 is 1.14 bits per heavy atom. The predicted molar refractivity (Wildman–Crippen MR) is 106 cm³/mol. The quantitative estimate of drug-likeness (QED) is 0.605. The van der Waals surface area contributed by atoms with Gasteiger partial charge < -0.3 is 18.6 Å². The van der Waals surface area contributed by atoms with Gasteiger partial charge in [-0.15, -0.1) is 0 Å². The zero-order chi connectivity index (χ0) is 21.3. The lowest BCUT2D eigenvalue weighted by Crippen LogP contribution is -2.26. The molecule has 0 aliphatic rings. The van der Waals surface area contributed by atoms with Crippen LogP contribution in [0.4, 0.5) is 4.39 Å². The van der Waals surface area contributed by atoms with Crippen LogP contribution in [0.1, 0.15) is 43.6 Å². The standard InChI is InChI=1S/C22H23FN2O4/c1-13-10-17(14(2)25(13)20-9-7-6-8-19(20)23)21(26)24(4)12-16-11-18(15(3)29-16)22(27)28-5/h6-11H,12H2,1-5H3. The van der Waals surface area contributed by atoms with Crippen molar-refractivity contribution in [2.45, 2.75) is 27.3 Å². The minimum Gasteiger partial charge on any atom is -0.465 e. The maximum Gasteiger partial charge on any atom is 0.341 e. The minimum absolute atomic E-state index is 0.181. The third kappa shape index (κ3) is 3.81. The van der Waals surface area contributed by atoms with E-state index < -0.39 is 5.97 Å². The smallest absolute Gasteiger partial charge is 0.341 e. The van der Waals surface area contributed by atoms with Crippen LogP contribution >= 0.6 is 0 Å². The van der Waals surface area contributed by atoms with Gasteiger partial charge in [-0.25, -0.2) is 9.18 Å². The lowest BCUT2D eigenvalue weighted by atomic mass is 10.2. The molecule has 1 aromatic carbocycles. The summed E-state index contributed by atoms with van der Waals surface area (Å²) in [6, 6.07) is 9.76. The number of esters is 1. The highest BCUT2D eigenvalue weighted by atomic mass is 19.1. The van der Waals surface area contributed by atoms with E-state index in [-0.39, 0.29) is 18.3 Å². The number of amides is 1. The van der Waals surface area contributed by atoms with Crippen LogP contribution in [0.3, 0.4) is 0 Å². The summed E-state index contributed by atoms with van der Waals surface area (Å²) in [6.45, 7) is 5.46. The summed E-state index contributed by atoms with van der Waals surface area (Å²) in [6.07, 6.45) is 0. The molecule has 0 bridgehead atoms. The average Bonchev–Trinajstić information content (AvgIpc) is 3.20. The Morgan fingerprint density at radius 2 is 1.83 bits per heavy atom. The number of carbonyl (C=O) groups excluding carboxylic acids is 2. The summed E-state index contributed by atoms with van der Waals surface area (Å²) in [5.41, 5.74) is 2.61. The average molecular weight is 398 g/mol. The molecule has 2 aromatic heterocycles. The monoisotopic (exact) mass is 398 g/mol. The second-order valence-corrected chi connectivity index (χ2v) is 6.91. The van der Waals surface area contributed by atoms with E-state index in [9.17, 15) is 14.0 Å². The number of hydrogen-bond acceptors (Lipinski definition) is 4. The Kier molecular flexibility index (Phi) is 5.59. The number of carbonyl (C=O) groups is 2. The number of methoxy groups -OCH3 is 1. The van der Waals surface area contributed by atoms with E-state index in [1.54, 1.807) is 55.8 Å². The zero-order valence-electron chi connectivity index (χ0n) is 17.1. The molecule has 0 saturated heterocycles. The molecule has 3 aromatic rings. The van der Waals surface area contributed by atoms with E-state index in [0.717, 1.165) is 5.69 Å². The first-order chi connectivity index (χ1) is 13.7. The largest absolute Gasteiger partial charge is 0.465 e. The molecule has 2 heterocycles. The van der Waals surface area contributed by atoms with E-state index in [4.69, 9.17) is 9.15 Å². The Hall–Kier alpha value is -3.35. The number of halogens is 1. The van der Waals surface area contributed by atoms with Gasteiger partial charge in [0.2, 0.25) is 0 Å². The SMILES string of the molecule is COC(=O)c1cc(CN(C)C(=O)c2cc(C)n(-c3ccccc3F)c2C)oc1C. The first-order valence-corrected chi connectivity index (χ1v) is 9.11. The zero-order valence-corrected chi connectivity index (χ0v) is 17.1. The van der Waals surface area contributed by atoms with Crippen LogP contribution in [-0.4, -0.2) is 35.5 Å². The maximum absolute atomic E-state index is 14.3. The fourth-order valence-electron chi connectivity index (χ4n) is 3.43. The van der Waals surface area contributed by atoms with E-state index in [1.165, 1.54) is 18.1 Å². The van der Waals surface area contributed by atoms with Crippen LogP contribution in [-0.2, 0) is 11.3 Å². The van der Waals surface area contributed by atoms with Gasteiger partial charge in [0.1, 0.15) is 22.9 Å². The second kappa shape index (κ2) is 7.95. The highest BCUT2D eigenvalue weighted by Gasteiger charge is 2.23. The summed E-state index contributed by atoms with van der Waals surface area (Å²) in [5.74, 6) is -0.163. The Morgan fingerprint density at radius 3 is 2.48 bits per heavy atom. The van der Waals surface area contributed by atoms with Crippen LogP contribution < -0.4 is 0 Å². The van der Waals surface area contributed by atoms with Gasteiger partial charge in [-0.2, -0.15) is 0 Å². The third-order valence-electron chi connectivity index (χ3n) is 4.87. The fraction of sp³-hybridized carbons (Fsp3) is 0.273. The van der Waals surface area contributed by atoms with E-state index >= 15 is 0 Å². The maximum atomic E-state index is 14.3. The van der Waals surface area contributed by atoms with Crippen LogP contribution in [0.5, 0.6) is 0 Å². The molecule has 0 atom stereocenters. The molecule has 29 heavy (non-hydrogen) atoms. The van der Waals surface area contributed by atoms with Gasteiger partial charge in [0, 0.05) is 18.4 Å². The van der Waals surface area contributed by atoms with E-state index in [0.29, 0.717) is 34.0 Å². The Labute approximate surface area is 168 Å². The van der Waals surface area contributed by atoms with Gasteiger partial charge in [-0.1, -0.05) is 12.1 Å². The van der Waals surface area contributed by atoms with Crippen LogP contribution in [0.2, 0.25) is 0 Å². The first-order valence-electron chi connectivity index (χ1n) is 9.11. The highest BCUT2D eigenvalue weighted by Crippen LogP contribution is 2.24. The topological polar surface area (TPSA) is 64.7 Å². The van der Waals surface area contributed by atoms with E-state index in [2.05, 4.69) is 0 Å². The Bertz CT molecular complexity index is 1080. The van der Waals surface area contributed by atoms with Crippen molar-refractivity contribution in [1.82, 2.24) is 9.47 Å². The number of aromatic nitrogens is 1.